The van der Waals surface area contributed by atoms with Gasteiger partial charge in [0.2, 0.25) is 0 Å². The molecule has 0 fully saturated rings. The zero-order valence-electron chi connectivity index (χ0n) is 12.1. The van der Waals surface area contributed by atoms with Gasteiger partial charge in [0.15, 0.2) is 0 Å². The van der Waals surface area contributed by atoms with Crippen LogP contribution in [0.15, 0.2) is 36.7 Å². The lowest BCUT2D eigenvalue weighted by atomic mass is 10.1. The van der Waals surface area contributed by atoms with Gasteiger partial charge in [-0.25, -0.2) is 9.78 Å². The Kier molecular flexibility index (Phi) is 5.28. The molecule has 21 heavy (non-hydrogen) atoms. The van der Waals surface area contributed by atoms with E-state index in [1.165, 1.54) is 11.2 Å². The van der Waals surface area contributed by atoms with Crippen molar-refractivity contribution >= 4 is 6.03 Å². The van der Waals surface area contributed by atoms with E-state index in [-0.39, 0.29) is 12.1 Å². The third-order valence-corrected chi connectivity index (χ3v) is 3.09. The lowest BCUT2D eigenvalue weighted by Gasteiger charge is -2.20. The van der Waals surface area contributed by atoms with Crippen molar-refractivity contribution in [2.45, 2.75) is 12.6 Å². The number of carbonyl (C=O) groups excluding carboxylic acids is 1. The molecule has 0 aliphatic heterocycles. The molecule has 2 rings (SSSR count). The van der Waals surface area contributed by atoms with Gasteiger partial charge in [0, 0.05) is 20.7 Å². The van der Waals surface area contributed by atoms with Crippen molar-refractivity contribution in [1.82, 2.24) is 25.4 Å². The number of nitrogens with one attached hydrogen (secondary N) is 2. The molecule has 2 amide bonds. The summed E-state index contributed by atoms with van der Waals surface area (Å²) in [6.45, 7) is 0.773. The first-order valence-electron chi connectivity index (χ1n) is 6.61. The number of nitrogens with zero attached hydrogens (tertiary/aromatic N) is 3. The Bertz CT molecular complexity index is 544. The first-order valence-corrected chi connectivity index (χ1v) is 6.61. The molecular weight excluding hydrogens is 270 g/mol. The number of rotatable bonds is 6. The third kappa shape index (κ3) is 4.28. The predicted molar refractivity (Wildman–Crippen MR) is 77.4 cm³/mol. The van der Waals surface area contributed by atoms with E-state index in [1.807, 2.05) is 30.3 Å². The van der Waals surface area contributed by atoms with E-state index in [4.69, 9.17) is 4.74 Å². The van der Waals surface area contributed by atoms with Crippen LogP contribution < -0.4 is 5.32 Å². The van der Waals surface area contributed by atoms with Crippen molar-refractivity contribution in [3.05, 3.63) is 48.0 Å². The fraction of sp³-hybridized carbons (Fsp3) is 0.357. The Morgan fingerprint density at radius 3 is 2.81 bits per heavy atom. The lowest BCUT2D eigenvalue weighted by molar-refractivity contribution is 0.102. The highest BCUT2D eigenvalue weighted by atomic mass is 16.5. The van der Waals surface area contributed by atoms with Gasteiger partial charge in [-0.15, -0.1) is 0 Å². The van der Waals surface area contributed by atoms with Gasteiger partial charge in [-0.05, 0) is 5.56 Å². The van der Waals surface area contributed by atoms with Crippen LogP contribution in [0.2, 0.25) is 0 Å². The number of benzene rings is 1. The summed E-state index contributed by atoms with van der Waals surface area (Å²) in [5.74, 6) is 0.638. The topological polar surface area (TPSA) is 83.1 Å². The second kappa shape index (κ2) is 7.39. The molecule has 7 heteroatoms. The number of hydrogen-bond acceptors (Lipinski definition) is 4. The molecule has 0 saturated heterocycles. The summed E-state index contributed by atoms with van der Waals surface area (Å²) in [6, 6.07) is 9.58. The summed E-state index contributed by atoms with van der Waals surface area (Å²) >= 11 is 0. The van der Waals surface area contributed by atoms with Gasteiger partial charge in [0.05, 0.1) is 12.6 Å². The van der Waals surface area contributed by atoms with E-state index >= 15 is 0 Å². The van der Waals surface area contributed by atoms with Crippen LogP contribution in [0.3, 0.4) is 0 Å². The molecule has 0 spiro atoms. The summed E-state index contributed by atoms with van der Waals surface area (Å²) in [5.41, 5.74) is 1.03. The number of aromatic amines is 1. The van der Waals surface area contributed by atoms with Gasteiger partial charge < -0.3 is 15.0 Å². The van der Waals surface area contributed by atoms with Crippen LogP contribution in [0.1, 0.15) is 17.5 Å². The second-order valence-electron chi connectivity index (χ2n) is 4.61. The van der Waals surface area contributed by atoms with Crippen molar-refractivity contribution in [2.75, 3.05) is 20.7 Å². The average Bonchev–Trinajstić information content (AvgIpc) is 3.01. The molecule has 1 heterocycles. The number of hydrogen-bond donors (Lipinski definition) is 2. The first-order chi connectivity index (χ1) is 10.2. The molecule has 7 nitrogen and oxygen atoms in total. The second-order valence-corrected chi connectivity index (χ2v) is 4.61. The van der Waals surface area contributed by atoms with Crippen LogP contribution in [0.25, 0.3) is 0 Å². The van der Waals surface area contributed by atoms with Crippen LogP contribution in [0.4, 0.5) is 4.79 Å². The number of H-pyrrole nitrogens is 1. The molecule has 0 radical (unpaired) electrons. The zero-order chi connectivity index (χ0) is 15.1. The van der Waals surface area contributed by atoms with Crippen molar-refractivity contribution in [3.8, 4) is 0 Å². The van der Waals surface area contributed by atoms with E-state index in [2.05, 4.69) is 20.5 Å². The van der Waals surface area contributed by atoms with Gasteiger partial charge in [-0.1, -0.05) is 30.3 Å². The number of carbonyl (C=O) groups is 1. The molecule has 1 atom stereocenters. The highest BCUT2D eigenvalue weighted by molar-refractivity contribution is 5.73. The SMILES string of the molecule is CO[C@H](CNC(=O)N(C)Cc1ncn[nH]1)c1ccccc1. The smallest absolute Gasteiger partial charge is 0.317 e. The Balaban J connectivity index is 1.84. The van der Waals surface area contributed by atoms with Crippen LogP contribution in [-0.2, 0) is 11.3 Å². The number of methoxy groups -OCH3 is 1. The Hall–Kier alpha value is -2.41. The summed E-state index contributed by atoms with van der Waals surface area (Å²) < 4.78 is 5.41. The molecule has 1 aromatic heterocycles. The van der Waals surface area contributed by atoms with E-state index in [0.29, 0.717) is 18.9 Å². The number of aromatic nitrogens is 3. The molecule has 0 aliphatic carbocycles. The molecule has 0 unspecified atom stereocenters. The minimum absolute atomic E-state index is 0.172. The molecule has 0 aliphatic rings. The van der Waals surface area contributed by atoms with Crippen LogP contribution in [0, 0.1) is 0 Å². The molecule has 112 valence electrons. The Morgan fingerprint density at radius 1 is 1.43 bits per heavy atom. The Labute approximate surface area is 123 Å². The minimum Gasteiger partial charge on any atom is -0.375 e. The molecule has 2 N–H and O–H groups in total. The third-order valence-electron chi connectivity index (χ3n) is 3.09. The van der Waals surface area contributed by atoms with Crippen molar-refractivity contribution in [3.63, 3.8) is 0 Å². The molecule has 0 saturated carbocycles. The summed E-state index contributed by atoms with van der Waals surface area (Å²) in [5, 5.41) is 9.31. The molecule has 2 aromatic rings. The predicted octanol–water partition coefficient (Wildman–Crippen LogP) is 1.33. The van der Waals surface area contributed by atoms with Crippen molar-refractivity contribution in [2.24, 2.45) is 0 Å². The van der Waals surface area contributed by atoms with E-state index < -0.39 is 0 Å². The van der Waals surface area contributed by atoms with Crippen LogP contribution in [-0.4, -0.2) is 46.8 Å². The molecule has 0 bridgehead atoms. The van der Waals surface area contributed by atoms with Gasteiger partial charge in [0.1, 0.15) is 12.2 Å². The van der Waals surface area contributed by atoms with Gasteiger partial charge in [0.25, 0.3) is 0 Å². The van der Waals surface area contributed by atoms with Gasteiger partial charge in [-0.3, -0.25) is 5.10 Å². The normalized spacial score (nSPS) is 11.9. The van der Waals surface area contributed by atoms with Crippen molar-refractivity contribution in [1.29, 1.82) is 0 Å². The molecular formula is C14H19N5O2. The quantitative estimate of drug-likeness (QED) is 0.840. The van der Waals surface area contributed by atoms with Gasteiger partial charge in [-0.2, -0.15) is 5.10 Å². The van der Waals surface area contributed by atoms with Crippen molar-refractivity contribution < 1.29 is 9.53 Å². The largest absolute Gasteiger partial charge is 0.375 e. The summed E-state index contributed by atoms with van der Waals surface area (Å²) in [6.07, 6.45) is 1.24. The van der Waals surface area contributed by atoms with E-state index in [0.717, 1.165) is 5.56 Å². The maximum absolute atomic E-state index is 12.0. The van der Waals surface area contributed by atoms with E-state index in [9.17, 15) is 4.79 Å². The van der Waals surface area contributed by atoms with Crippen LogP contribution in [0.5, 0.6) is 0 Å². The van der Waals surface area contributed by atoms with Gasteiger partial charge >= 0.3 is 6.03 Å². The van der Waals surface area contributed by atoms with E-state index in [1.54, 1.807) is 14.2 Å². The number of ether oxygens (including phenoxy) is 1. The maximum Gasteiger partial charge on any atom is 0.317 e. The standard InChI is InChI=1S/C14H19N5O2/c1-19(9-13-16-10-17-18-13)14(20)15-8-12(21-2)11-6-4-3-5-7-11/h3-7,10,12H,8-9H2,1-2H3,(H,15,20)(H,16,17,18)/t12-/m1/s1. The highest BCUT2D eigenvalue weighted by Crippen LogP contribution is 2.14. The molecule has 1 aromatic carbocycles. The number of urea groups is 1. The highest BCUT2D eigenvalue weighted by Gasteiger charge is 2.14. The minimum atomic E-state index is -0.190. The lowest BCUT2D eigenvalue weighted by Crippen LogP contribution is -2.39. The fourth-order valence-electron chi connectivity index (χ4n) is 1.92. The van der Waals surface area contributed by atoms with Crippen LogP contribution >= 0.6 is 0 Å². The Morgan fingerprint density at radius 2 is 2.19 bits per heavy atom. The first kappa shape index (κ1) is 15.0. The summed E-state index contributed by atoms with van der Waals surface area (Å²) in [7, 11) is 3.32. The summed E-state index contributed by atoms with van der Waals surface area (Å²) in [4.78, 5) is 17.5. The monoisotopic (exact) mass is 289 g/mol. The fourth-order valence-corrected chi connectivity index (χ4v) is 1.92. The maximum atomic E-state index is 12.0. The zero-order valence-corrected chi connectivity index (χ0v) is 12.1. The number of amides is 2. The average molecular weight is 289 g/mol.